The van der Waals surface area contributed by atoms with Gasteiger partial charge in [-0.3, -0.25) is 14.3 Å². The highest BCUT2D eigenvalue weighted by Gasteiger charge is 2.32. The van der Waals surface area contributed by atoms with E-state index in [1.165, 1.54) is 33.4 Å². The van der Waals surface area contributed by atoms with Gasteiger partial charge in [0.15, 0.2) is 11.8 Å². The first-order valence-corrected chi connectivity index (χ1v) is 15.3. The van der Waals surface area contributed by atoms with Gasteiger partial charge in [-0.15, -0.1) is 11.8 Å². The molecule has 1 saturated carbocycles. The molecule has 0 amide bonds. The van der Waals surface area contributed by atoms with Crippen molar-refractivity contribution in [1.82, 2.24) is 9.47 Å². The number of fused-ring (bicyclic) bond motifs is 1. The highest BCUT2D eigenvalue weighted by Crippen LogP contribution is 2.40. The summed E-state index contributed by atoms with van der Waals surface area (Å²) in [7, 11) is 1.68. The summed E-state index contributed by atoms with van der Waals surface area (Å²) in [6.45, 7) is 2.18. The number of thioether (sulfide) groups is 1. The Hall–Kier alpha value is -2.81. The number of halogens is 1. The van der Waals surface area contributed by atoms with E-state index in [1.807, 2.05) is 6.07 Å². The summed E-state index contributed by atoms with van der Waals surface area (Å²) in [6.07, 6.45) is 5.45. The average Bonchev–Trinajstić information content (AvgIpc) is 3.51. The van der Waals surface area contributed by atoms with E-state index < -0.39 is 5.97 Å². The maximum atomic E-state index is 11.5. The Kier molecular flexibility index (Phi) is 9.18. The van der Waals surface area contributed by atoms with E-state index in [0.29, 0.717) is 24.3 Å². The Morgan fingerprint density at radius 2 is 1.80 bits per heavy atom. The van der Waals surface area contributed by atoms with Gasteiger partial charge in [0.1, 0.15) is 5.75 Å². The van der Waals surface area contributed by atoms with Gasteiger partial charge in [0.05, 0.1) is 13.0 Å². The van der Waals surface area contributed by atoms with E-state index in [4.69, 9.17) is 16.3 Å². The van der Waals surface area contributed by atoms with Crippen molar-refractivity contribution >= 4 is 29.3 Å². The van der Waals surface area contributed by atoms with Crippen LogP contribution in [0.15, 0.2) is 53.4 Å². The summed E-state index contributed by atoms with van der Waals surface area (Å²) >= 11 is 7.92. The van der Waals surface area contributed by atoms with Crippen LogP contribution in [0.5, 0.6) is 17.5 Å². The first-order chi connectivity index (χ1) is 19.3. The van der Waals surface area contributed by atoms with Crippen molar-refractivity contribution in [1.29, 1.82) is 0 Å². The van der Waals surface area contributed by atoms with E-state index in [9.17, 15) is 20.1 Å². The molecule has 0 spiro atoms. The number of nitrogens with zero attached hydrogens (tertiary/aromatic N) is 2. The molecule has 1 aromatic heterocycles. The van der Waals surface area contributed by atoms with E-state index in [-0.39, 0.29) is 17.7 Å². The number of aliphatic carboxylic acids is 1. The third-order valence-corrected chi connectivity index (χ3v) is 9.67. The molecular weight excluding hydrogens is 548 g/mol. The molecule has 214 valence electrons. The molecule has 1 fully saturated rings. The molecule has 3 aromatic rings. The summed E-state index contributed by atoms with van der Waals surface area (Å²) in [5.74, 6) is 1.18. The maximum Gasteiger partial charge on any atom is 0.306 e. The summed E-state index contributed by atoms with van der Waals surface area (Å²) < 4.78 is 7.24. The lowest BCUT2D eigenvalue weighted by molar-refractivity contribution is -0.143. The zero-order chi connectivity index (χ0) is 28.2. The Labute approximate surface area is 244 Å². The number of methoxy groups -OCH3 is 1. The molecule has 2 aliphatic rings. The number of aryl methyl sites for hydroxylation is 1. The highest BCUT2D eigenvalue weighted by molar-refractivity contribution is 7.99. The molecule has 0 aliphatic heterocycles. The quantitative estimate of drug-likeness (QED) is 0.215. The number of carbonyl (C=O) groups is 1. The summed E-state index contributed by atoms with van der Waals surface area (Å²) in [6, 6.07) is 15.9. The molecule has 1 heterocycles. The Morgan fingerprint density at radius 1 is 1.05 bits per heavy atom. The fourth-order valence-corrected chi connectivity index (χ4v) is 7.39. The van der Waals surface area contributed by atoms with Gasteiger partial charge in [0.25, 0.3) is 0 Å². The minimum Gasteiger partial charge on any atom is -0.496 e. The smallest absolute Gasteiger partial charge is 0.306 e. The maximum absolute atomic E-state index is 11.5. The molecule has 7 nitrogen and oxygen atoms in total. The number of aromatic hydroxyl groups is 2. The van der Waals surface area contributed by atoms with Gasteiger partial charge in [0.2, 0.25) is 0 Å². The largest absolute Gasteiger partial charge is 0.496 e. The highest BCUT2D eigenvalue weighted by atomic mass is 35.5. The van der Waals surface area contributed by atoms with E-state index in [1.54, 1.807) is 18.9 Å². The molecule has 40 heavy (non-hydrogen) atoms. The van der Waals surface area contributed by atoms with Crippen LogP contribution in [0, 0.1) is 11.8 Å². The van der Waals surface area contributed by atoms with Crippen LogP contribution in [-0.2, 0) is 24.3 Å². The Balaban J connectivity index is 1.31. The zero-order valence-corrected chi connectivity index (χ0v) is 24.3. The number of carboxylic acid groups (broad SMARTS) is 1. The normalized spacial score (nSPS) is 20.5. The molecule has 5 rings (SSSR count). The van der Waals surface area contributed by atoms with E-state index >= 15 is 0 Å². The predicted molar refractivity (Wildman–Crippen MR) is 157 cm³/mol. The van der Waals surface area contributed by atoms with Gasteiger partial charge in [0, 0.05) is 53.5 Å². The number of carboxylic acids is 1. The van der Waals surface area contributed by atoms with Crippen LogP contribution in [0.2, 0.25) is 5.02 Å². The standard InChI is InChI=1S/C31H37ClN2O5S/c1-39-27-16-21(4-11-28(27)40-15-14-34-29(35)12-13-30(34)36)19-33(18-20-2-5-22(6-3-20)31(37)38)26-10-7-23-17-24(32)8-9-25(23)26/h4,8-9,11-13,16-17,20,22,26,35-36H,2-3,5-7,10,14-15,18-19H2,1H3,(H,37,38). The van der Waals surface area contributed by atoms with Gasteiger partial charge in [-0.05, 0) is 85.4 Å². The van der Waals surface area contributed by atoms with Crippen molar-refractivity contribution in [3.05, 3.63) is 70.2 Å². The van der Waals surface area contributed by atoms with Crippen molar-refractivity contribution in [2.24, 2.45) is 11.8 Å². The number of ether oxygens (including phenoxy) is 1. The topological polar surface area (TPSA) is 95.2 Å². The minimum absolute atomic E-state index is 0.0488. The second kappa shape index (κ2) is 12.8. The predicted octanol–water partition coefficient (Wildman–Crippen LogP) is 6.73. The SMILES string of the molecule is COc1cc(CN(CC2CCC(C(=O)O)CC2)C2CCc3cc(Cl)ccc32)ccc1SCCn1c(O)ccc1O. The number of rotatable bonds is 11. The summed E-state index contributed by atoms with van der Waals surface area (Å²) in [5.41, 5.74) is 3.84. The first-order valence-electron chi connectivity index (χ1n) is 13.9. The molecule has 2 aromatic carbocycles. The lowest BCUT2D eigenvalue weighted by Gasteiger charge is -2.35. The Morgan fingerprint density at radius 3 is 2.50 bits per heavy atom. The zero-order valence-electron chi connectivity index (χ0n) is 22.8. The number of hydrogen-bond acceptors (Lipinski definition) is 6. The third kappa shape index (κ3) is 6.56. The molecular formula is C31H37ClN2O5S. The van der Waals surface area contributed by atoms with E-state index in [0.717, 1.165) is 67.3 Å². The van der Waals surface area contributed by atoms with Gasteiger partial charge in [-0.2, -0.15) is 0 Å². The van der Waals surface area contributed by atoms with Crippen LogP contribution in [-0.4, -0.2) is 50.2 Å². The van der Waals surface area contributed by atoms with Crippen LogP contribution in [0.4, 0.5) is 0 Å². The van der Waals surface area contributed by atoms with Gasteiger partial charge < -0.3 is 20.1 Å². The van der Waals surface area contributed by atoms with Crippen molar-refractivity contribution in [3.8, 4) is 17.5 Å². The first kappa shape index (κ1) is 28.7. The fraction of sp³-hybridized carbons (Fsp3) is 0.452. The van der Waals surface area contributed by atoms with E-state index in [2.05, 4.69) is 35.2 Å². The second-order valence-corrected chi connectivity index (χ2v) is 12.5. The molecule has 2 aliphatic carbocycles. The van der Waals surface area contributed by atoms with Crippen molar-refractivity contribution < 1.29 is 24.9 Å². The molecule has 0 saturated heterocycles. The molecule has 3 N–H and O–H groups in total. The van der Waals surface area contributed by atoms with Crippen molar-refractivity contribution in [2.45, 2.75) is 62.6 Å². The van der Waals surface area contributed by atoms with Crippen molar-refractivity contribution in [2.75, 3.05) is 19.4 Å². The van der Waals surface area contributed by atoms with Crippen LogP contribution < -0.4 is 4.74 Å². The Bertz CT molecular complexity index is 1320. The van der Waals surface area contributed by atoms with Crippen molar-refractivity contribution in [3.63, 3.8) is 0 Å². The summed E-state index contributed by atoms with van der Waals surface area (Å²) in [5, 5.41) is 30.0. The summed E-state index contributed by atoms with van der Waals surface area (Å²) in [4.78, 5) is 15.1. The second-order valence-electron chi connectivity index (χ2n) is 10.9. The monoisotopic (exact) mass is 584 g/mol. The fourth-order valence-electron chi connectivity index (χ4n) is 6.25. The molecule has 0 radical (unpaired) electrons. The van der Waals surface area contributed by atoms with Gasteiger partial charge in [-0.25, -0.2) is 0 Å². The number of benzene rings is 2. The lowest BCUT2D eigenvalue weighted by Crippen LogP contribution is -2.34. The lowest BCUT2D eigenvalue weighted by atomic mass is 9.81. The minimum atomic E-state index is -0.663. The molecule has 9 heteroatoms. The van der Waals surface area contributed by atoms with Crippen LogP contribution in [0.1, 0.15) is 54.8 Å². The molecule has 0 bridgehead atoms. The average molecular weight is 585 g/mol. The third-order valence-electron chi connectivity index (χ3n) is 8.40. The molecule has 1 atom stereocenters. The van der Waals surface area contributed by atoms with Gasteiger partial charge in [-0.1, -0.05) is 23.7 Å². The number of aromatic nitrogens is 1. The van der Waals surface area contributed by atoms with Crippen LogP contribution in [0.3, 0.4) is 0 Å². The van der Waals surface area contributed by atoms with Gasteiger partial charge >= 0.3 is 5.97 Å². The van der Waals surface area contributed by atoms with Crippen LogP contribution in [0.25, 0.3) is 0 Å². The molecule has 1 unspecified atom stereocenters. The van der Waals surface area contributed by atoms with Crippen LogP contribution >= 0.6 is 23.4 Å². The number of hydrogen-bond donors (Lipinski definition) is 3.